The Morgan fingerprint density at radius 3 is 2.62 bits per heavy atom. The molecule has 1 aliphatic carbocycles. The summed E-state index contributed by atoms with van der Waals surface area (Å²) in [5.41, 5.74) is 1.17. The molecule has 2 rings (SSSR count). The van der Waals surface area contributed by atoms with Crippen molar-refractivity contribution in [3.05, 3.63) is 16.1 Å². The van der Waals surface area contributed by atoms with Gasteiger partial charge in [-0.05, 0) is 38.1 Å². The molecular weight excluding hydrogens is 276 g/mol. The molecule has 0 amide bonds. The molecule has 21 heavy (non-hydrogen) atoms. The van der Waals surface area contributed by atoms with E-state index in [1.165, 1.54) is 55.6 Å². The maximum atomic E-state index is 4.66. The Balaban J connectivity index is 1.84. The van der Waals surface area contributed by atoms with Gasteiger partial charge < -0.3 is 5.32 Å². The molecule has 0 aromatic carbocycles. The van der Waals surface area contributed by atoms with Crippen LogP contribution in [-0.2, 0) is 6.42 Å². The van der Waals surface area contributed by atoms with Crippen molar-refractivity contribution in [1.29, 1.82) is 0 Å². The smallest absolute Gasteiger partial charge is 0.0943 e. The second-order valence-electron chi connectivity index (χ2n) is 6.67. The molecule has 1 saturated carbocycles. The van der Waals surface area contributed by atoms with Gasteiger partial charge in [0.05, 0.1) is 5.01 Å². The van der Waals surface area contributed by atoms with Gasteiger partial charge >= 0.3 is 0 Å². The Morgan fingerprint density at radius 1 is 1.29 bits per heavy atom. The molecule has 120 valence electrons. The van der Waals surface area contributed by atoms with Gasteiger partial charge in [0, 0.05) is 23.5 Å². The number of aromatic nitrogens is 1. The first kappa shape index (κ1) is 17.0. The minimum Gasteiger partial charge on any atom is -0.314 e. The van der Waals surface area contributed by atoms with E-state index < -0.39 is 0 Å². The molecule has 1 aromatic heterocycles. The van der Waals surface area contributed by atoms with E-state index in [4.69, 9.17) is 0 Å². The van der Waals surface area contributed by atoms with Crippen molar-refractivity contribution >= 4 is 11.3 Å². The maximum Gasteiger partial charge on any atom is 0.0943 e. The van der Waals surface area contributed by atoms with Crippen LogP contribution in [-0.4, -0.2) is 17.6 Å². The van der Waals surface area contributed by atoms with E-state index in [0.717, 1.165) is 24.8 Å². The zero-order chi connectivity index (χ0) is 15.1. The van der Waals surface area contributed by atoms with Crippen molar-refractivity contribution in [3.63, 3.8) is 0 Å². The van der Waals surface area contributed by atoms with E-state index in [1.54, 1.807) is 0 Å². The van der Waals surface area contributed by atoms with Crippen LogP contribution in [0.25, 0.3) is 0 Å². The Morgan fingerprint density at radius 2 is 2.05 bits per heavy atom. The number of aryl methyl sites for hydroxylation is 1. The Kier molecular flexibility index (Phi) is 7.18. The second-order valence-corrected chi connectivity index (χ2v) is 7.62. The third-order valence-corrected chi connectivity index (χ3v) is 5.94. The standard InChI is InChI=1S/C18H32N2S/c1-4-6-7-15-8-10-16(11-9-15)17(19-5-2)12-18-20-14(3)13-21-18/h13,15-17,19H,4-12H2,1-3H3. The summed E-state index contributed by atoms with van der Waals surface area (Å²) in [6.07, 6.45) is 11.1. The monoisotopic (exact) mass is 308 g/mol. The highest BCUT2D eigenvalue weighted by molar-refractivity contribution is 7.09. The van der Waals surface area contributed by atoms with E-state index >= 15 is 0 Å². The number of hydrogen-bond donors (Lipinski definition) is 1. The molecule has 3 heteroatoms. The predicted molar refractivity (Wildman–Crippen MR) is 93.0 cm³/mol. The lowest BCUT2D eigenvalue weighted by atomic mass is 9.76. The number of unbranched alkanes of at least 4 members (excludes halogenated alkanes) is 1. The lowest BCUT2D eigenvalue weighted by molar-refractivity contribution is 0.212. The van der Waals surface area contributed by atoms with Gasteiger partial charge in [0.25, 0.3) is 0 Å². The van der Waals surface area contributed by atoms with Gasteiger partial charge in [-0.15, -0.1) is 11.3 Å². The molecule has 1 unspecified atom stereocenters. The molecule has 2 nitrogen and oxygen atoms in total. The number of hydrogen-bond acceptors (Lipinski definition) is 3. The normalized spacial score (nSPS) is 24.1. The Bertz CT molecular complexity index is 394. The molecule has 1 atom stereocenters. The van der Waals surface area contributed by atoms with Gasteiger partial charge in [0.2, 0.25) is 0 Å². The van der Waals surface area contributed by atoms with Crippen LogP contribution in [0.3, 0.4) is 0 Å². The summed E-state index contributed by atoms with van der Waals surface area (Å²) in [6.45, 7) is 7.71. The molecule has 0 spiro atoms. The highest BCUT2D eigenvalue weighted by atomic mass is 32.1. The van der Waals surface area contributed by atoms with Gasteiger partial charge in [0.1, 0.15) is 0 Å². The second kappa shape index (κ2) is 8.89. The van der Waals surface area contributed by atoms with Crippen LogP contribution in [0, 0.1) is 18.8 Å². The van der Waals surface area contributed by atoms with Crippen molar-refractivity contribution in [2.75, 3.05) is 6.54 Å². The molecule has 0 aliphatic heterocycles. The first-order chi connectivity index (χ1) is 10.2. The van der Waals surface area contributed by atoms with Crippen molar-refractivity contribution < 1.29 is 0 Å². The molecule has 1 aromatic rings. The molecule has 0 radical (unpaired) electrons. The van der Waals surface area contributed by atoms with Gasteiger partial charge in [0.15, 0.2) is 0 Å². The largest absolute Gasteiger partial charge is 0.314 e. The number of rotatable bonds is 8. The third-order valence-electron chi connectivity index (χ3n) is 4.95. The molecule has 0 saturated heterocycles. The molecule has 1 fully saturated rings. The van der Waals surface area contributed by atoms with Gasteiger partial charge in [-0.2, -0.15) is 0 Å². The fourth-order valence-electron chi connectivity index (χ4n) is 3.72. The number of nitrogens with one attached hydrogen (secondary N) is 1. The van der Waals surface area contributed by atoms with Gasteiger partial charge in [-0.1, -0.05) is 46.0 Å². The van der Waals surface area contributed by atoms with Crippen LogP contribution >= 0.6 is 11.3 Å². The lowest BCUT2D eigenvalue weighted by Gasteiger charge is -2.34. The Labute approximate surface area is 134 Å². The minimum atomic E-state index is 0.632. The summed E-state index contributed by atoms with van der Waals surface area (Å²) >= 11 is 1.83. The topological polar surface area (TPSA) is 24.9 Å². The number of likely N-dealkylation sites (N-methyl/N-ethyl adjacent to an activating group) is 1. The minimum absolute atomic E-state index is 0.632. The zero-order valence-electron chi connectivity index (χ0n) is 14.0. The summed E-state index contributed by atoms with van der Waals surface area (Å²) in [4.78, 5) is 4.66. The first-order valence-electron chi connectivity index (χ1n) is 8.87. The summed E-state index contributed by atoms with van der Waals surface area (Å²) in [5.74, 6) is 1.86. The molecule has 1 aliphatic rings. The zero-order valence-corrected chi connectivity index (χ0v) is 14.8. The number of thiazole rings is 1. The number of nitrogens with zero attached hydrogens (tertiary/aromatic N) is 1. The summed E-state index contributed by atoms with van der Waals surface area (Å²) in [7, 11) is 0. The lowest BCUT2D eigenvalue weighted by Crippen LogP contribution is -2.39. The molecule has 0 bridgehead atoms. The van der Waals surface area contributed by atoms with E-state index in [-0.39, 0.29) is 0 Å². The quantitative estimate of drug-likeness (QED) is 0.733. The van der Waals surface area contributed by atoms with Crippen LogP contribution in [0.15, 0.2) is 5.38 Å². The first-order valence-corrected chi connectivity index (χ1v) is 9.75. The average Bonchev–Trinajstić information content (AvgIpc) is 2.90. The average molecular weight is 309 g/mol. The SMILES string of the molecule is CCCCC1CCC(C(Cc2nc(C)cs2)NCC)CC1. The van der Waals surface area contributed by atoms with Crippen molar-refractivity contribution in [3.8, 4) is 0 Å². The predicted octanol–water partition coefficient (Wildman–Crippen LogP) is 4.97. The van der Waals surface area contributed by atoms with E-state index in [1.807, 2.05) is 11.3 Å². The van der Waals surface area contributed by atoms with Crippen LogP contribution in [0.4, 0.5) is 0 Å². The summed E-state index contributed by atoms with van der Waals surface area (Å²) < 4.78 is 0. The molecular formula is C18H32N2S. The highest BCUT2D eigenvalue weighted by Gasteiger charge is 2.27. The van der Waals surface area contributed by atoms with Crippen LogP contribution in [0.5, 0.6) is 0 Å². The van der Waals surface area contributed by atoms with Crippen molar-refractivity contribution in [1.82, 2.24) is 10.3 Å². The fourth-order valence-corrected chi connectivity index (χ4v) is 4.56. The van der Waals surface area contributed by atoms with E-state index in [0.29, 0.717) is 6.04 Å². The summed E-state index contributed by atoms with van der Waals surface area (Å²) in [6, 6.07) is 0.632. The summed E-state index contributed by atoms with van der Waals surface area (Å²) in [5, 5.41) is 7.23. The molecule has 1 N–H and O–H groups in total. The van der Waals surface area contributed by atoms with Crippen molar-refractivity contribution in [2.24, 2.45) is 11.8 Å². The van der Waals surface area contributed by atoms with Gasteiger partial charge in [-0.3, -0.25) is 0 Å². The molecule has 1 heterocycles. The Hall–Kier alpha value is -0.410. The third kappa shape index (κ3) is 5.37. The fraction of sp³-hybridized carbons (Fsp3) is 0.833. The maximum absolute atomic E-state index is 4.66. The van der Waals surface area contributed by atoms with Gasteiger partial charge in [-0.25, -0.2) is 4.98 Å². The van der Waals surface area contributed by atoms with Crippen LogP contribution < -0.4 is 5.32 Å². The van der Waals surface area contributed by atoms with E-state index in [2.05, 4.69) is 36.5 Å². The van der Waals surface area contributed by atoms with Crippen LogP contribution in [0.2, 0.25) is 0 Å². The van der Waals surface area contributed by atoms with Crippen LogP contribution in [0.1, 0.15) is 69.5 Å². The highest BCUT2D eigenvalue weighted by Crippen LogP contribution is 2.34. The van der Waals surface area contributed by atoms with E-state index in [9.17, 15) is 0 Å². The van der Waals surface area contributed by atoms with Crippen molar-refractivity contribution in [2.45, 2.75) is 78.2 Å².